The lowest BCUT2D eigenvalue weighted by atomic mass is 10.1. The van der Waals surface area contributed by atoms with Crippen molar-refractivity contribution >= 4 is 10.0 Å². The molecule has 1 N–H and O–H groups in total. The molecule has 0 spiro atoms. The molecule has 2 saturated carbocycles. The first-order chi connectivity index (χ1) is 13.9. The minimum atomic E-state index is -3.60. The van der Waals surface area contributed by atoms with Crippen LogP contribution in [0.2, 0.25) is 0 Å². The molecule has 6 nitrogen and oxygen atoms in total. The first-order valence-electron chi connectivity index (χ1n) is 9.87. The third-order valence-electron chi connectivity index (χ3n) is 6.07. The van der Waals surface area contributed by atoms with E-state index in [0.717, 1.165) is 5.56 Å². The van der Waals surface area contributed by atoms with Gasteiger partial charge in [0.05, 0.1) is 4.90 Å². The van der Waals surface area contributed by atoms with Gasteiger partial charge >= 0.3 is 0 Å². The number of nitrogens with zero attached hydrogens (tertiary/aromatic N) is 2. The Bertz CT molecular complexity index is 1150. The van der Waals surface area contributed by atoms with Crippen LogP contribution < -0.4 is 4.72 Å². The molecule has 1 heterocycles. The summed E-state index contributed by atoms with van der Waals surface area (Å²) in [6.45, 7) is 4.03. The highest BCUT2D eigenvalue weighted by atomic mass is 32.2. The van der Waals surface area contributed by atoms with Crippen LogP contribution in [0.4, 0.5) is 0 Å². The van der Waals surface area contributed by atoms with Gasteiger partial charge in [-0.1, -0.05) is 49.3 Å². The van der Waals surface area contributed by atoms with Crippen LogP contribution in [0.3, 0.4) is 0 Å². The molecule has 2 aliphatic rings. The molecule has 0 aliphatic heterocycles. The van der Waals surface area contributed by atoms with Crippen LogP contribution in [0.25, 0.3) is 11.5 Å². The molecule has 0 bridgehead atoms. The molecular formula is C22H23N3O3S. The minimum Gasteiger partial charge on any atom is -0.334 e. The summed E-state index contributed by atoms with van der Waals surface area (Å²) < 4.78 is 33.8. The summed E-state index contributed by atoms with van der Waals surface area (Å²) in [6.07, 6.45) is 2.47. The summed E-state index contributed by atoms with van der Waals surface area (Å²) in [5, 5.41) is 4.17. The molecule has 2 atom stereocenters. The first kappa shape index (κ1) is 18.5. The normalized spacial score (nSPS) is 23.1. The molecule has 2 fully saturated rings. The van der Waals surface area contributed by atoms with Crippen LogP contribution in [0, 0.1) is 5.41 Å². The SMILES string of the molecule is CC1(C)[C@H](c2noc(-c3cccc(C4CC4)c3)n2)[C@@H]1NS(=O)(=O)c1ccccc1. The Morgan fingerprint density at radius 1 is 1.07 bits per heavy atom. The van der Waals surface area contributed by atoms with Crippen molar-refractivity contribution in [1.82, 2.24) is 14.9 Å². The Hall–Kier alpha value is -2.51. The van der Waals surface area contributed by atoms with Crippen molar-refractivity contribution in [3.8, 4) is 11.5 Å². The maximum Gasteiger partial charge on any atom is 0.257 e. The van der Waals surface area contributed by atoms with Crippen molar-refractivity contribution in [2.24, 2.45) is 5.41 Å². The minimum absolute atomic E-state index is 0.134. The van der Waals surface area contributed by atoms with Crippen LogP contribution in [0.15, 0.2) is 64.0 Å². The largest absolute Gasteiger partial charge is 0.334 e. The fraction of sp³-hybridized carbons (Fsp3) is 0.364. The standard InChI is InChI=1S/C22H23N3O3S/c1-22(2)18(19(22)25-29(26,27)17-9-4-3-5-10-17)20-23-21(28-24-20)16-8-6-7-15(13-16)14-11-12-14/h3-10,13-14,18-19,25H,11-12H2,1-2H3/t18-,19-/m0/s1. The van der Waals surface area contributed by atoms with Crippen molar-refractivity contribution in [1.29, 1.82) is 0 Å². The van der Waals surface area contributed by atoms with E-state index in [4.69, 9.17) is 4.52 Å². The Labute approximate surface area is 170 Å². The Morgan fingerprint density at radius 2 is 1.83 bits per heavy atom. The van der Waals surface area contributed by atoms with Gasteiger partial charge in [0.1, 0.15) is 0 Å². The van der Waals surface area contributed by atoms with E-state index < -0.39 is 10.0 Å². The van der Waals surface area contributed by atoms with Crippen LogP contribution in [-0.2, 0) is 10.0 Å². The average molecular weight is 410 g/mol. The molecule has 2 aliphatic carbocycles. The summed E-state index contributed by atoms with van der Waals surface area (Å²) in [4.78, 5) is 4.86. The second kappa shape index (κ2) is 6.50. The van der Waals surface area contributed by atoms with Gasteiger partial charge in [-0.25, -0.2) is 13.1 Å². The predicted molar refractivity (Wildman–Crippen MR) is 109 cm³/mol. The van der Waals surface area contributed by atoms with Gasteiger partial charge in [-0.2, -0.15) is 4.98 Å². The second-order valence-corrected chi connectivity index (χ2v) is 10.3. The zero-order chi connectivity index (χ0) is 20.2. The third kappa shape index (κ3) is 3.38. The second-order valence-electron chi connectivity index (χ2n) is 8.57. The van der Waals surface area contributed by atoms with Crippen LogP contribution >= 0.6 is 0 Å². The molecule has 150 valence electrons. The van der Waals surface area contributed by atoms with E-state index in [1.54, 1.807) is 30.3 Å². The Morgan fingerprint density at radius 3 is 2.55 bits per heavy atom. The molecule has 1 aromatic heterocycles. The predicted octanol–water partition coefficient (Wildman–Crippen LogP) is 4.08. The van der Waals surface area contributed by atoms with E-state index in [1.807, 2.05) is 26.0 Å². The van der Waals surface area contributed by atoms with Crippen molar-refractivity contribution in [3.63, 3.8) is 0 Å². The van der Waals surface area contributed by atoms with Crippen molar-refractivity contribution < 1.29 is 12.9 Å². The molecule has 0 saturated heterocycles. The zero-order valence-corrected chi connectivity index (χ0v) is 17.2. The third-order valence-corrected chi connectivity index (χ3v) is 7.52. The number of hydrogen-bond donors (Lipinski definition) is 1. The lowest BCUT2D eigenvalue weighted by molar-refractivity contribution is 0.419. The molecule has 0 radical (unpaired) electrons. The van der Waals surface area contributed by atoms with Gasteiger partial charge in [0.25, 0.3) is 5.89 Å². The lowest BCUT2D eigenvalue weighted by Gasteiger charge is -2.07. The van der Waals surface area contributed by atoms with Gasteiger partial charge in [-0.15, -0.1) is 0 Å². The number of benzene rings is 2. The maximum absolute atomic E-state index is 12.7. The van der Waals surface area contributed by atoms with Gasteiger partial charge < -0.3 is 4.52 Å². The van der Waals surface area contributed by atoms with E-state index >= 15 is 0 Å². The highest BCUT2D eigenvalue weighted by Crippen LogP contribution is 2.58. The first-order valence-corrected chi connectivity index (χ1v) is 11.4. The highest BCUT2D eigenvalue weighted by Gasteiger charge is 2.62. The van der Waals surface area contributed by atoms with E-state index in [9.17, 15) is 8.42 Å². The van der Waals surface area contributed by atoms with Crippen molar-refractivity contribution in [2.45, 2.75) is 49.5 Å². The molecule has 0 amide bonds. The van der Waals surface area contributed by atoms with Gasteiger partial charge in [-0.05, 0) is 54.0 Å². The number of rotatable bonds is 6. The number of sulfonamides is 1. The summed E-state index contributed by atoms with van der Waals surface area (Å²) in [7, 11) is -3.60. The van der Waals surface area contributed by atoms with Crippen LogP contribution in [0.1, 0.15) is 49.9 Å². The zero-order valence-electron chi connectivity index (χ0n) is 16.4. The highest BCUT2D eigenvalue weighted by molar-refractivity contribution is 7.89. The van der Waals surface area contributed by atoms with Crippen LogP contribution in [-0.4, -0.2) is 24.6 Å². The monoisotopic (exact) mass is 409 g/mol. The summed E-state index contributed by atoms with van der Waals surface area (Å²) in [5.74, 6) is 1.54. The van der Waals surface area contributed by atoms with Gasteiger partial charge in [0.2, 0.25) is 10.0 Å². The Kier molecular flexibility index (Phi) is 4.15. The quantitative estimate of drug-likeness (QED) is 0.663. The number of nitrogens with one attached hydrogen (secondary N) is 1. The Balaban J connectivity index is 1.37. The van der Waals surface area contributed by atoms with Gasteiger partial charge in [0.15, 0.2) is 5.82 Å². The molecular weight excluding hydrogens is 386 g/mol. The summed E-state index contributed by atoms with van der Waals surface area (Å²) >= 11 is 0. The van der Waals surface area contributed by atoms with Crippen molar-refractivity contribution in [3.05, 3.63) is 66.0 Å². The summed E-state index contributed by atoms with van der Waals surface area (Å²) in [5.41, 5.74) is 1.93. The summed E-state index contributed by atoms with van der Waals surface area (Å²) in [6, 6.07) is 16.4. The van der Waals surface area contributed by atoms with E-state index in [0.29, 0.717) is 17.6 Å². The maximum atomic E-state index is 12.7. The molecule has 7 heteroatoms. The molecule has 29 heavy (non-hydrogen) atoms. The van der Waals surface area contributed by atoms with Gasteiger partial charge in [0, 0.05) is 17.5 Å². The van der Waals surface area contributed by atoms with Crippen molar-refractivity contribution in [2.75, 3.05) is 0 Å². The number of hydrogen-bond acceptors (Lipinski definition) is 5. The lowest BCUT2D eigenvalue weighted by Crippen LogP contribution is -2.29. The van der Waals surface area contributed by atoms with E-state index in [-0.39, 0.29) is 22.3 Å². The average Bonchev–Trinajstić information content (AvgIpc) is 3.58. The molecule has 0 unspecified atom stereocenters. The molecule has 2 aromatic carbocycles. The smallest absolute Gasteiger partial charge is 0.257 e. The fourth-order valence-electron chi connectivity index (χ4n) is 4.00. The topological polar surface area (TPSA) is 85.1 Å². The fourth-order valence-corrected chi connectivity index (χ4v) is 5.42. The van der Waals surface area contributed by atoms with Gasteiger partial charge in [-0.3, -0.25) is 0 Å². The molecule has 3 aromatic rings. The molecule has 5 rings (SSSR count). The van der Waals surface area contributed by atoms with E-state index in [1.165, 1.54) is 18.4 Å². The van der Waals surface area contributed by atoms with E-state index in [2.05, 4.69) is 27.0 Å². The van der Waals surface area contributed by atoms with Crippen LogP contribution in [0.5, 0.6) is 0 Å². The number of aromatic nitrogens is 2.